The number of anilines is 1. The molecule has 2 N–H and O–H groups in total. The van der Waals surface area contributed by atoms with Crippen LogP contribution in [0.1, 0.15) is 49.0 Å². The first kappa shape index (κ1) is 20.8. The van der Waals surface area contributed by atoms with Gasteiger partial charge in [0.25, 0.3) is 5.91 Å². The summed E-state index contributed by atoms with van der Waals surface area (Å²) < 4.78 is 27.0. The zero-order valence-electron chi connectivity index (χ0n) is 14.7. The summed E-state index contributed by atoms with van der Waals surface area (Å²) in [5.41, 5.74) is 0.0589. The van der Waals surface area contributed by atoms with Gasteiger partial charge >= 0.3 is 0 Å². The second-order valence-corrected chi connectivity index (χ2v) is 9.16. The molecule has 0 saturated heterocycles. The SMILES string of the molecule is CCCCc1nnc(NC(=O)c2cc(S(=O)(=O)NC(C)C)ccc2Cl)s1. The van der Waals surface area contributed by atoms with Crippen molar-refractivity contribution in [2.24, 2.45) is 0 Å². The predicted octanol–water partition coefficient (Wildman–Crippen LogP) is 3.47. The average Bonchev–Trinajstić information content (AvgIpc) is 2.99. The molecule has 0 spiro atoms. The fourth-order valence-electron chi connectivity index (χ4n) is 2.12. The Balaban J connectivity index is 2.20. The number of aryl methyl sites for hydroxylation is 1. The summed E-state index contributed by atoms with van der Waals surface area (Å²) in [6.07, 6.45) is 2.85. The molecule has 0 aliphatic heterocycles. The molecule has 26 heavy (non-hydrogen) atoms. The molecule has 2 aromatic rings. The van der Waals surface area contributed by atoms with E-state index in [1.54, 1.807) is 13.8 Å². The summed E-state index contributed by atoms with van der Waals surface area (Å²) in [5, 5.41) is 11.9. The Morgan fingerprint density at radius 3 is 2.69 bits per heavy atom. The summed E-state index contributed by atoms with van der Waals surface area (Å²) in [6.45, 7) is 5.51. The van der Waals surface area contributed by atoms with Gasteiger partial charge in [-0.1, -0.05) is 36.3 Å². The normalized spacial score (nSPS) is 11.7. The topological polar surface area (TPSA) is 101 Å². The minimum atomic E-state index is -3.73. The lowest BCUT2D eigenvalue weighted by Gasteiger charge is -2.11. The van der Waals surface area contributed by atoms with Crippen LogP contribution in [0.5, 0.6) is 0 Å². The van der Waals surface area contributed by atoms with Crippen LogP contribution in [0.15, 0.2) is 23.1 Å². The Labute approximate surface area is 162 Å². The van der Waals surface area contributed by atoms with E-state index in [4.69, 9.17) is 11.6 Å². The van der Waals surface area contributed by atoms with Gasteiger partial charge in [-0.25, -0.2) is 13.1 Å². The fraction of sp³-hybridized carbons (Fsp3) is 0.438. The van der Waals surface area contributed by atoms with Crippen molar-refractivity contribution < 1.29 is 13.2 Å². The minimum absolute atomic E-state index is 0.0263. The Morgan fingerprint density at radius 2 is 2.04 bits per heavy atom. The number of halogens is 1. The molecule has 1 heterocycles. The predicted molar refractivity (Wildman–Crippen MR) is 103 cm³/mol. The van der Waals surface area contributed by atoms with Crippen molar-refractivity contribution in [3.8, 4) is 0 Å². The van der Waals surface area contributed by atoms with Gasteiger partial charge in [0.2, 0.25) is 15.2 Å². The number of carbonyl (C=O) groups is 1. The standard InChI is InChI=1S/C16H21ClN4O3S2/c1-4-5-6-14-19-20-16(25-14)18-15(22)12-9-11(7-8-13(12)17)26(23,24)21-10(2)3/h7-10,21H,4-6H2,1-3H3,(H,18,20,22). The molecule has 0 atom stereocenters. The number of carbonyl (C=O) groups excluding carboxylic acids is 1. The van der Waals surface area contributed by atoms with Gasteiger partial charge in [-0.15, -0.1) is 10.2 Å². The van der Waals surface area contributed by atoms with E-state index in [9.17, 15) is 13.2 Å². The molecule has 1 aromatic heterocycles. The molecule has 0 radical (unpaired) electrons. The van der Waals surface area contributed by atoms with Crippen molar-refractivity contribution in [2.45, 2.75) is 51.0 Å². The maximum absolute atomic E-state index is 12.5. The molecule has 0 saturated carbocycles. The molecule has 0 aliphatic carbocycles. The van der Waals surface area contributed by atoms with Crippen molar-refractivity contribution in [3.05, 3.63) is 33.8 Å². The molecule has 0 aliphatic rings. The van der Waals surface area contributed by atoms with E-state index in [1.807, 2.05) is 0 Å². The zero-order chi connectivity index (χ0) is 19.3. The molecule has 0 unspecified atom stereocenters. The molecule has 1 amide bonds. The van der Waals surface area contributed by atoms with Crippen LogP contribution in [0.2, 0.25) is 5.02 Å². The van der Waals surface area contributed by atoms with Gasteiger partial charge in [0.05, 0.1) is 15.5 Å². The Bertz CT molecular complexity index is 881. The van der Waals surface area contributed by atoms with Crippen molar-refractivity contribution in [2.75, 3.05) is 5.32 Å². The second-order valence-electron chi connectivity index (χ2n) is 5.98. The van der Waals surface area contributed by atoms with Crippen molar-refractivity contribution in [3.63, 3.8) is 0 Å². The third-order valence-corrected chi connectivity index (χ3v) is 6.20. The number of nitrogens with one attached hydrogen (secondary N) is 2. The first-order valence-electron chi connectivity index (χ1n) is 8.18. The maximum atomic E-state index is 12.5. The minimum Gasteiger partial charge on any atom is -0.296 e. The van der Waals surface area contributed by atoms with Crippen LogP contribution in [-0.4, -0.2) is 30.6 Å². The monoisotopic (exact) mass is 416 g/mol. The largest absolute Gasteiger partial charge is 0.296 e. The number of unbranched alkanes of at least 4 members (excludes halogenated alkanes) is 1. The van der Waals surface area contributed by atoms with E-state index in [2.05, 4.69) is 27.2 Å². The van der Waals surface area contributed by atoms with E-state index in [1.165, 1.54) is 29.5 Å². The Hall–Kier alpha value is -1.55. The highest BCUT2D eigenvalue weighted by atomic mass is 35.5. The van der Waals surface area contributed by atoms with Crippen LogP contribution >= 0.6 is 22.9 Å². The summed E-state index contributed by atoms with van der Waals surface area (Å²) in [5.74, 6) is -0.533. The maximum Gasteiger partial charge on any atom is 0.259 e. The first-order chi connectivity index (χ1) is 12.2. The number of hydrogen-bond donors (Lipinski definition) is 2. The summed E-state index contributed by atoms with van der Waals surface area (Å²) in [7, 11) is -3.73. The molecule has 0 bridgehead atoms. The van der Waals surface area contributed by atoms with Crippen LogP contribution in [0.25, 0.3) is 0 Å². The molecule has 2 rings (SSSR count). The fourth-order valence-corrected chi connectivity index (χ4v) is 4.38. The van der Waals surface area contributed by atoms with Gasteiger partial charge in [-0.3, -0.25) is 10.1 Å². The van der Waals surface area contributed by atoms with Crippen LogP contribution in [0.3, 0.4) is 0 Å². The Morgan fingerprint density at radius 1 is 1.31 bits per heavy atom. The smallest absolute Gasteiger partial charge is 0.259 e. The molecule has 7 nitrogen and oxygen atoms in total. The second kappa shape index (κ2) is 8.90. The lowest BCUT2D eigenvalue weighted by atomic mass is 10.2. The van der Waals surface area contributed by atoms with Gasteiger partial charge in [0.1, 0.15) is 5.01 Å². The van der Waals surface area contributed by atoms with Crippen molar-refractivity contribution in [1.29, 1.82) is 0 Å². The highest BCUT2D eigenvalue weighted by Gasteiger charge is 2.20. The highest BCUT2D eigenvalue weighted by Crippen LogP contribution is 2.23. The average molecular weight is 417 g/mol. The van der Waals surface area contributed by atoms with E-state index in [0.717, 1.165) is 24.3 Å². The lowest BCUT2D eigenvalue weighted by Crippen LogP contribution is -2.30. The number of amides is 1. The van der Waals surface area contributed by atoms with Crippen LogP contribution in [0.4, 0.5) is 5.13 Å². The number of nitrogens with zero attached hydrogens (tertiary/aromatic N) is 2. The third kappa shape index (κ3) is 5.47. The van der Waals surface area contributed by atoms with Gasteiger partial charge in [-0.05, 0) is 38.5 Å². The molecule has 0 fully saturated rings. The quantitative estimate of drug-likeness (QED) is 0.686. The van der Waals surface area contributed by atoms with Gasteiger partial charge in [0, 0.05) is 12.5 Å². The number of sulfonamides is 1. The van der Waals surface area contributed by atoms with Gasteiger partial charge < -0.3 is 0 Å². The van der Waals surface area contributed by atoms with E-state index in [0.29, 0.717) is 5.13 Å². The molecular weight excluding hydrogens is 396 g/mol. The molecule has 142 valence electrons. The van der Waals surface area contributed by atoms with E-state index in [-0.39, 0.29) is 21.5 Å². The van der Waals surface area contributed by atoms with Gasteiger partial charge in [-0.2, -0.15) is 0 Å². The van der Waals surface area contributed by atoms with Gasteiger partial charge in [0.15, 0.2) is 0 Å². The van der Waals surface area contributed by atoms with Crippen molar-refractivity contribution in [1.82, 2.24) is 14.9 Å². The van der Waals surface area contributed by atoms with E-state index < -0.39 is 15.9 Å². The first-order valence-corrected chi connectivity index (χ1v) is 10.9. The number of hydrogen-bond acceptors (Lipinski definition) is 6. The highest BCUT2D eigenvalue weighted by molar-refractivity contribution is 7.89. The number of aromatic nitrogens is 2. The van der Waals surface area contributed by atoms with Crippen LogP contribution < -0.4 is 10.0 Å². The van der Waals surface area contributed by atoms with Crippen LogP contribution in [0, 0.1) is 0 Å². The van der Waals surface area contributed by atoms with E-state index >= 15 is 0 Å². The summed E-state index contributed by atoms with van der Waals surface area (Å²) in [4.78, 5) is 12.5. The lowest BCUT2D eigenvalue weighted by molar-refractivity contribution is 0.102. The number of rotatable bonds is 8. The van der Waals surface area contributed by atoms with Crippen molar-refractivity contribution >= 4 is 44.0 Å². The molecular formula is C16H21ClN4O3S2. The molecule has 1 aromatic carbocycles. The summed E-state index contributed by atoms with van der Waals surface area (Å²) in [6, 6.07) is 3.73. The molecule has 10 heteroatoms. The zero-order valence-corrected chi connectivity index (χ0v) is 17.1. The Kier molecular flexibility index (Phi) is 7.10. The van der Waals surface area contributed by atoms with Crippen LogP contribution in [-0.2, 0) is 16.4 Å². The summed E-state index contributed by atoms with van der Waals surface area (Å²) >= 11 is 7.37. The third-order valence-electron chi connectivity index (χ3n) is 3.32. The number of benzene rings is 1.